The van der Waals surface area contributed by atoms with E-state index in [1.54, 1.807) is 13.1 Å². The molecule has 0 unspecified atom stereocenters. The molecule has 118 valence electrons. The lowest BCUT2D eigenvalue weighted by Gasteiger charge is -2.14. The highest BCUT2D eigenvalue weighted by Gasteiger charge is 2.27. The summed E-state index contributed by atoms with van der Waals surface area (Å²) in [5.74, 6) is -13.2. The van der Waals surface area contributed by atoms with Crippen molar-refractivity contribution in [2.24, 2.45) is 0 Å². The molecule has 21 heavy (non-hydrogen) atoms. The number of ketones is 1. The van der Waals surface area contributed by atoms with Crippen LogP contribution in [0.1, 0.15) is 0 Å². The van der Waals surface area contributed by atoms with Gasteiger partial charge in [-0.1, -0.05) is 0 Å². The summed E-state index contributed by atoms with van der Waals surface area (Å²) < 4.78 is 74.3. The summed E-state index contributed by atoms with van der Waals surface area (Å²) in [6, 6.07) is 0. The zero-order chi connectivity index (χ0) is 16.4. The van der Waals surface area contributed by atoms with Crippen LogP contribution < -0.4 is 4.74 Å². The number of carbonyl (C=O) groups is 1. The van der Waals surface area contributed by atoms with Crippen molar-refractivity contribution in [3.8, 4) is 5.75 Å². The number of rotatable bonds is 6. The molecule has 0 atom stereocenters. The van der Waals surface area contributed by atoms with E-state index in [2.05, 4.69) is 4.74 Å². The molecule has 0 radical (unpaired) electrons. The fourth-order valence-electron chi connectivity index (χ4n) is 1.16. The standard InChI is InChI=1S/C11H10ClF5O3Si/c1-21(2,12)20-4-5(18)3-19-11-9(16)7(14)6(13)8(15)10(11)17/h3-4H2,1-2H3. The highest BCUT2D eigenvalue weighted by molar-refractivity contribution is 7.15. The summed E-state index contributed by atoms with van der Waals surface area (Å²) >= 11 is 5.77. The number of ether oxygens (including phenoxy) is 1. The average Bonchev–Trinajstić information content (AvgIpc) is 2.40. The van der Waals surface area contributed by atoms with Crippen LogP contribution in [0.5, 0.6) is 5.75 Å². The Hall–Kier alpha value is -1.19. The van der Waals surface area contributed by atoms with Crippen molar-refractivity contribution in [1.82, 2.24) is 0 Å². The molecule has 0 spiro atoms. The molecule has 0 aromatic heterocycles. The molecule has 0 heterocycles. The maximum atomic E-state index is 13.2. The fourth-order valence-corrected chi connectivity index (χ4v) is 1.83. The van der Waals surface area contributed by atoms with E-state index in [1.165, 1.54) is 0 Å². The minimum absolute atomic E-state index is 0.488. The molecule has 1 aromatic carbocycles. The topological polar surface area (TPSA) is 35.5 Å². The van der Waals surface area contributed by atoms with E-state index in [1.807, 2.05) is 0 Å². The average molecular weight is 349 g/mol. The van der Waals surface area contributed by atoms with Crippen molar-refractivity contribution in [1.29, 1.82) is 0 Å². The molecule has 0 fully saturated rings. The normalized spacial score (nSPS) is 11.6. The van der Waals surface area contributed by atoms with Gasteiger partial charge in [0.05, 0.1) is 6.61 Å². The summed E-state index contributed by atoms with van der Waals surface area (Å²) in [6.45, 7) is 1.75. The Morgan fingerprint density at radius 1 is 0.952 bits per heavy atom. The molecule has 0 aliphatic carbocycles. The van der Waals surface area contributed by atoms with Crippen LogP contribution in [0.25, 0.3) is 0 Å². The lowest BCUT2D eigenvalue weighted by atomic mass is 10.2. The number of Topliss-reactive ketones (excluding diaryl/α,β-unsaturated/α-hetero) is 1. The lowest BCUT2D eigenvalue weighted by Crippen LogP contribution is -2.28. The van der Waals surface area contributed by atoms with Crippen molar-refractivity contribution in [2.45, 2.75) is 13.1 Å². The Balaban J connectivity index is 2.79. The van der Waals surface area contributed by atoms with E-state index in [0.717, 1.165) is 0 Å². The summed E-state index contributed by atoms with van der Waals surface area (Å²) in [4.78, 5) is 11.3. The molecule has 0 aliphatic rings. The van der Waals surface area contributed by atoms with Crippen molar-refractivity contribution in [3.63, 3.8) is 0 Å². The Morgan fingerprint density at radius 2 is 1.38 bits per heavy atom. The van der Waals surface area contributed by atoms with Gasteiger partial charge in [0.25, 0.3) is 7.63 Å². The number of hydrogen-bond donors (Lipinski definition) is 0. The molecule has 1 aromatic rings. The maximum absolute atomic E-state index is 13.2. The summed E-state index contributed by atoms with van der Waals surface area (Å²) in [5, 5.41) is 0. The molecule has 1 rings (SSSR count). The van der Waals surface area contributed by atoms with Crippen molar-refractivity contribution < 1.29 is 35.9 Å². The van der Waals surface area contributed by atoms with Crippen LogP contribution in [0, 0.1) is 29.1 Å². The van der Waals surface area contributed by atoms with Gasteiger partial charge in [0.1, 0.15) is 6.61 Å². The number of halogens is 6. The third-order valence-electron chi connectivity index (χ3n) is 2.12. The molecule has 0 saturated heterocycles. The predicted octanol–water partition coefficient (Wildman–Crippen LogP) is 3.29. The van der Waals surface area contributed by atoms with Crippen LogP contribution in [-0.2, 0) is 9.22 Å². The second-order valence-electron chi connectivity index (χ2n) is 4.38. The first kappa shape index (κ1) is 17.9. The van der Waals surface area contributed by atoms with E-state index in [4.69, 9.17) is 15.5 Å². The quantitative estimate of drug-likeness (QED) is 0.260. The lowest BCUT2D eigenvalue weighted by molar-refractivity contribution is -0.123. The van der Waals surface area contributed by atoms with Gasteiger partial charge in [0.2, 0.25) is 29.1 Å². The summed E-state index contributed by atoms with van der Waals surface area (Å²) in [5.41, 5.74) is 0. The second kappa shape index (κ2) is 6.71. The minimum atomic E-state index is -2.50. The molecular formula is C11H10ClF5O3Si. The van der Waals surface area contributed by atoms with E-state index in [-0.39, 0.29) is 0 Å². The molecule has 0 amide bonds. The molecule has 0 bridgehead atoms. The van der Waals surface area contributed by atoms with E-state index in [9.17, 15) is 26.7 Å². The highest BCUT2D eigenvalue weighted by Crippen LogP contribution is 2.29. The molecule has 0 N–H and O–H groups in total. The molecule has 0 saturated carbocycles. The first-order valence-electron chi connectivity index (χ1n) is 5.53. The van der Waals surface area contributed by atoms with Gasteiger partial charge >= 0.3 is 0 Å². The van der Waals surface area contributed by atoms with E-state index >= 15 is 0 Å². The van der Waals surface area contributed by atoms with Crippen molar-refractivity contribution in [2.75, 3.05) is 13.2 Å². The monoisotopic (exact) mass is 348 g/mol. The number of benzene rings is 1. The fraction of sp³-hybridized carbons (Fsp3) is 0.364. The van der Waals surface area contributed by atoms with Crippen LogP contribution >= 0.6 is 11.1 Å². The van der Waals surface area contributed by atoms with Crippen LogP contribution in [0.4, 0.5) is 22.0 Å². The van der Waals surface area contributed by atoms with Gasteiger partial charge < -0.3 is 9.16 Å². The Bertz CT molecular complexity index is 533. The smallest absolute Gasteiger partial charge is 0.284 e. The minimum Gasteiger partial charge on any atom is -0.479 e. The number of hydrogen-bond acceptors (Lipinski definition) is 3. The SMILES string of the molecule is C[Si](C)(Cl)OCC(=O)COc1c(F)c(F)c(F)c(F)c1F. The highest BCUT2D eigenvalue weighted by atomic mass is 35.6. The Labute approximate surface area is 122 Å². The van der Waals surface area contributed by atoms with Gasteiger partial charge in [-0.3, -0.25) is 4.79 Å². The predicted molar refractivity (Wildman–Crippen MR) is 66.0 cm³/mol. The van der Waals surface area contributed by atoms with E-state index < -0.39 is 61.5 Å². The summed E-state index contributed by atoms with van der Waals surface area (Å²) in [6.07, 6.45) is 0. The van der Waals surface area contributed by atoms with Crippen LogP contribution in [-0.4, -0.2) is 26.6 Å². The van der Waals surface area contributed by atoms with E-state index in [0.29, 0.717) is 0 Å². The third kappa shape index (κ3) is 4.65. The maximum Gasteiger partial charge on any atom is 0.284 e. The zero-order valence-corrected chi connectivity index (χ0v) is 12.7. The summed E-state index contributed by atoms with van der Waals surface area (Å²) in [7, 11) is -2.50. The second-order valence-corrected chi connectivity index (χ2v) is 10.1. The van der Waals surface area contributed by atoms with Gasteiger partial charge in [0, 0.05) is 0 Å². The zero-order valence-electron chi connectivity index (χ0n) is 10.9. The molecule has 0 aliphatic heterocycles. The van der Waals surface area contributed by atoms with Gasteiger partial charge in [-0.05, 0) is 13.1 Å². The van der Waals surface area contributed by atoms with Gasteiger partial charge in [-0.15, -0.1) is 11.1 Å². The first-order valence-corrected chi connectivity index (χ1v) is 9.45. The van der Waals surface area contributed by atoms with Crippen molar-refractivity contribution in [3.05, 3.63) is 29.1 Å². The Kier molecular flexibility index (Phi) is 5.71. The third-order valence-corrected chi connectivity index (χ3v) is 3.28. The van der Waals surface area contributed by atoms with Gasteiger partial charge in [-0.2, -0.15) is 8.78 Å². The Morgan fingerprint density at radius 3 is 1.81 bits per heavy atom. The number of carbonyl (C=O) groups excluding carboxylic acids is 1. The molecule has 10 heteroatoms. The molecular weight excluding hydrogens is 339 g/mol. The van der Waals surface area contributed by atoms with Crippen LogP contribution in [0.2, 0.25) is 13.1 Å². The largest absolute Gasteiger partial charge is 0.479 e. The van der Waals surface area contributed by atoms with Gasteiger partial charge in [-0.25, -0.2) is 13.2 Å². The molecule has 3 nitrogen and oxygen atoms in total. The van der Waals surface area contributed by atoms with Crippen LogP contribution in [0.3, 0.4) is 0 Å². The van der Waals surface area contributed by atoms with Crippen LogP contribution in [0.15, 0.2) is 0 Å². The van der Waals surface area contributed by atoms with Crippen molar-refractivity contribution >= 4 is 24.5 Å². The van der Waals surface area contributed by atoms with Gasteiger partial charge in [0.15, 0.2) is 11.5 Å². The first-order chi connectivity index (χ1) is 9.54.